The zero-order chi connectivity index (χ0) is 21.2. The Morgan fingerprint density at radius 3 is 2.69 bits per heavy atom. The second kappa shape index (κ2) is 8.24. The Bertz CT molecular complexity index is 921. The summed E-state index contributed by atoms with van der Waals surface area (Å²) < 4.78 is 52.8. The molecule has 2 aromatic rings. The van der Waals surface area contributed by atoms with Crippen LogP contribution >= 0.6 is 0 Å². The Kier molecular flexibility index (Phi) is 5.92. The van der Waals surface area contributed by atoms with E-state index >= 15 is 0 Å². The van der Waals surface area contributed by atoms with Crippen LogP contribution in [0.4, 0.5) is 19.1 Å². The lowest BCUT2D eigenvalue weighted by molar-refractivity contribution is -0.142. The third-order valence-corrected chi connectivity index (χ3v) is 4.34. The number of alkyl halides is 3. The van der Waals surface area contributed by atoms with Crippen molar-refractivity contribution in [1.29, 1.82) is 0 Å². The van der Waals surface area contributed by atoms with Gasteiger partial charge in [-0.05, 0) is 32.4 Å². The first-order chi connectivity index (χ1) is 13.7. The van der Waals surface area contributed by atoms with Crippen LogP contribution < -0.4 is 5.32 Å². The number of anilines is 1. The number of rotatable bonds is 6. The van der Waals surface area contributed by atoms with Gasteiger partial charge in [-0.15, -0.1) is 0 Å². The lowest BCUT2D eigenvalue weighted by atomic mass is 9.92. The minimum absolute atomic E-state index is 0.0222. The van der Waals surface area contributed by atoms with E-state index in [1.807, 2.05) is 13.8 Å². The number of fused-ring (bicyclic) bond motifs is 1. The molecule has 0 bridgehead atoms. The molecule has 0 spiro atoms. The first-order valence-corrected chi connectivity index (χ1v) is 9.02. The van der Waals surface area contributed by atoms with Gasteiger partial charge in [-0.2, -0.15) is 23.3 Å². The van der Waals surface area contributed by atoms with Crippen molar-refractivity contribution in [2.75, 3.05) is 18.5 Å². The van der Waals surface area contributed by atoms with Crippen LogP contribution in [-0.2, 0) is 20.4 Å². The fraction of sp³-hybridized carbons (Fsp3) is 0.421. The lowest BCUT2D eigenvalue weighted by Gasteiger charge is -2.29. The van der Waals surface area contributed by atoms with Crippen molar-refractivity contribution in [2.24, 2.45) is 0 Å². The maximum absolute atomic E-state index is 13.6. The molecule has 0 aliphatic carbocycles. The molecule has 29 heavy (non-hydrogen) atoms. The van der Waals surface area contributed by atoms with Crippen molar-refractivity contribution in [3.05, 3.63) is 53.0 Å². The number of hydrogen-bond acceptors (Lipinski definition) is 6. The maximum atomic E-state index is 13.6. The van der Waals surface area contributed by atoms with Crippen molar-refractivity contribution < 1.29 is 27.4 Å². The molecule has 0 unspecified atom stereocenters. The summed E-state index contributed by atoms with van der Waals surface area (Å²) in [5, 5.41) is 6.93. The molecule has 1 aromatic heterocycles. The number of allylic oxidation sites excluding steroid dienone is 1. The summed E-state index contributed by atoms with van der Waals surface area (Å²) in [5.41, 5.74) is -0.584. The van der Waals surface area contributed by atoms with Gasteiger partial charge in [-0.3, -0.25) is 0 Å². The molecule has 0 amide bonds. The summed E-state index contributed by atoms with van der Waals surface area (Å²) in [6.45, 7) is 5.43. The van der Waals surface area contributed by atoms with E-state index in [1.54, 1.807) is 6.92 Å². The highest BCUT2D eigenvalue weighted by Crippen LogP contribution is 2.41. The number of carbonyl (C=O) groups excluding carboxylic acids is 1. The SMILES string of the molecule is CC1=C(C(=O)OCCOC(C)C)[C@H](c2ccccc2C(F)(F)F)n2ncnc2N1. The Morgan fingerprint density at radius 1 is 1.28 bits per heavy atom. The van der Waals surface area contributed by atoms with Crippen LogP contribution in [-0.4, -0.2) is 40.1 Å². The summed E-state index contributed by atoms with van der Waals surface area (Å²) in [6, 6.07) is 3.95. The Morgan fingerprint density at radius 2 is 2.00 bits per heavy atom. The topological polar surface area (TPSA) is 78.3 Å². The zero-order valence-electron chi connectivity index (χ0n) is 16.2. The van der Waals surface area contributed by atoms with E-state index < -0.39 is 23.8 Å². The monoisotopic (exact) mass is 410 g/mol. The van der Waals surface area contributed by atoms with Gasteiger partial charge in [0.25, 0.3) is 0 Å². The first kappa shape index (κ1) is 20.8. The molecule has 0 saturated carbocycles. The van der Waals surface area contributed by atoms with E-state index in [-0.39, 0.29) is 36.4 Å². The molecule has 3 rings (SSSR count). The van der Waals surface area contributed by atoms with Crippen LogP contribution in [0.25, 0.3) is 0 Å². The van der Waals surface area contributed by atoms with Crippen LogP contribution in [0.5, 0.6) is 0 Å². The van der Waals surface area contributed by atoms with Crippen LogP contribution in [0, 0.1) is 0 Å². The van der Waals surface area contributed by atoms with Gasteiger partial charge < -0.3 is 14.8 Å². The summed E-state index contributed by atoms with van der Waals surface area (Å²) in [4.78, 5) is 16.8. The highest BCUT2D eigenvalue weighted by Gasteiger charge is 2.41. The molecule has 156 valence electrons. The Hall–Kier alpha value is -2.88. The van der Waals surface area contributed by atoms with Crippen LogP contribution in [0.2, 0.25) is 0 Å². The molecule has 0 radical (unpaired) electrons. The molecular formula is C19H21F3N4O3. The zero-order valence-corrected chi connectivity index (χ0v) is 16.2. The van der Waals surface area contributed by atoms with E-state index in [2.05, 4.69) is 15.4 Å². The quantitative estimate of drug-likeness (QED) is 0.580. The molecule has 1 N–H and O–H groups in total. The predicted octanol–water partition coefficient (Wildman–Crippen LogP) is 3.55. The molecule has 1 aliphatic heterocycles. The van der Waals surface area contributed by atoms with Crippen molar-refractivity contribution in [1.82, 2.24) is 14.8 Å². The first-order valence-electron chi connectivity index (χ1n) is 9.02. The molecule has 2 heterocycles. The number of hydrogen-bond donors (Lipinski definition) is 1. The molecule has 7 nitrogen and oxygen atoms in total. The van der Waals surface area contributed by atoms with Gasteiger partial charge in [-0.1, -0.05) is 18.2 Å². The van der Waals surface area contributed by atoms with E-state index in [0.717, 1.165) is 6.07 Å². The molecule has 0 saturated heterocycles. The van der Waals surface area contributed by atoms with Crippen molar-refractivity contribution >= 4 is 11.9 Å². The normalized spacial score (nSPS) is 16.6. The average molecular weight is 410 g/mol. The van der Waals surface area contributed by atoms with Gasteiger partial charge in [-0.25, -0.2) is 9.48 Å². The van der Waals surface area contributed by atoms with Gasteiger partial charge in [0, 0.05) is 5.70 Å². The highest BCUT2D eigenvalue weighted by molar-refractivity contribution is 5.92. The van der Waals surface area contributed by atoms with Crippen LogP contribution in [0.1, 0.15) is 37.9 Å². The minimum Gasteiger partial charge on any atom is -0.460 e. The second-order valence-corrected chi connectivity index (χ2v) is 6.73. The van der Waals surface area contributed by atoms with Crippen molar-refractivity contribution in [3.8, 4) is 0 Å². The number of ether oxygens (including phenoxy) is 2. The van der Waals surface area contributed by atoms with E-state index in [1.165, 1.54) is 29.2 Å². The fourth-order valence-corrected chi connectivity index (χ4v) is 3.13. The second-order valence-electron chi connectivity index (χ2n) is 6.73. The summed E-state index contributed by atoms with van der Waals surface area (Å²) in [7, 11) is 0. The van der Waals surface area contributed by atoms with Gasteiger partial charge in [0.05, 0.1) is 23.8 Å². The molecular weight excluding hydrogens is 389 g/mol. The highest BCUT2D eigenvalue weighted by atomic mass is 19.4. The van der Waals surface area contributed by atoms with Crippen molar-refractivity contribution in [2.45, 2.75) is 39.1 Å². The van der Waals surface area contributed by atoms with E-state index in [0.29, 0.717) is 5.70 Å². The third-order valence-electron chi connectivity index (χ3n) is 4.34. The number of benzene rings is 1. The molecule has 1 atom stereocenters. The average Bonchev–Trinajstić information content (AvgIpc) is 3.11. The number of nitrogens with one attached hydrogen (secondary N) is 1. The molecule has 0 fully saturated rings. The standard InChI is InChI=1S/C19H21F3N4O3/c1-11(2)28-8-9-29-17(27)15-12(3)25-18-23-10-24-26(18)16(15)13-6-4-5-7-14(13)19(20,21)22/h4-7,10-11,16H,8-9H2,1-3H3,(H,23,24,25)/t16-/m0/s1. The molecule has 1 aromatic carbocycles. The number of esters is 1. The largest absolute Gasteiger partial charge is 0.460 e. The van der Waals surface area contributed by atoms with E-state index in [4.69, 9.17) is 9.47 Å². The smallest absolute Gasteiger partial charge is 0.416 e. The summed E-state index contributed by atoms with van der Waals surface area (Å²) >= 11 is 0. The van der Waals surface area contributed by atoms with E-state index in [9.17, 15) is 18.0 Å². The number of aromatic nitrogens is 3. The van der Waals surface area contributed by atoms with Crippen LogP contribution in [0.3, 0.4) is 0 Å². The lowest BCUT2D eigenvalue weighted by Crippen LogP contribution is -2.31. The van der Waals surface area contributed by atoms with Gasteiger partial charge in [0.1, 0.15) is 19.0 Å². The summed E-state index contributed by atoms with van der Waals surface area (Å²) in [6.07, 6.45) is -3.42. The van der Waals surface area contributed by atoms with Gasteiger partial charge >= 0.3 is 12.1 Å². The third kappa shape index (κ3) is 4.42. The maximum Gasteiger partial charge on any atom is 0.416 e. The van der Waals surface area contributed by atoms with Crippen molar-refractivity contribution in [3.63, 3.8) is 0 Å². The number of carbonyl (C=O) groups is 1. The number of nitrogens with zero attached hydrogens (tertiary/aromatic N) is 3. The minimum atomic E-state index is -4.60. The Labute approximate surface area is 165 Å². The van der Waals surface area contributed by atoms with Crippen LogP contribution in [0.15, 0.2) is 41.9 Å². The fourth-order valence-electron chi connectivity index (χ4n) is 3.13. The predicted molar refractivity (Wildman–Crippen MR) is 98.0 cm³/mol. The molecule has 10 heteroatoms. The number of halogens is 3. The van der Waals surface area contributed by atoms with Gasteiger partial charge in [0.2, 0.25) is 5.95 Å². The van der Waals surface area contributed by atoms with Gasteiger partial charge in [0.15, 0.2) is 0 Å². The molecule has 1 aliphatic rings. The summed E-state index contributed by atoms with van der Waals surface area (Å²) in [5.74, 6) is -0.505. The Balaban J connectivity index is 2.00.